The molecule has 2 fully saturated rings. The number of nitrogens with one attached hydrogen (secondary N) is 1. The van der Waals surface area contributed by atoms with Gasteiger partial charge >= 0.3 is 11.8 Å². The second-order valence-electron chi connectivity index (χ2n) is 5.95. The van der Waals surface area contributed by atoms with E-state index in [0.29, 0.717) is 13.1 Å². The van der Waals surface area contributed by atoms with Gasteiger partial charge in [-0.25, -0.2) is 0 Å². The molecule has 2 heterocycles. The number of carbonyl (C=O) groups is 2. The van der Waals surface area contributed by atoms with E-state index in [1.807, 2.05) is 24.4 Å². The number of piperazine rings is 1. The predicted octanol–water partition coefficient (Wildman–Crippen LogP) is 0.0469. The minimum absolute atomic E-state index is 0.233. The molecular formula is C16H22N4O2. The third-order valence-corrected chi connectivity index (χ3v) is 4.18. The van der Waals surface area contributed by atoms with E-state index in [2.05, 4.69) is 15.2 Å². The monoisotopic (exact) mass is 302 g/mol. The number of pyridine rings is 1. The molecule has 1 aromatic rings. The zero-order valence-corrected chi connectivity index (χ0v) is 12.7. The normalized spacial score (nSPS) is 19.0. The topological polar surface area (TPSA) is 65.5 Å². The van der Waals surface area contributed by atoms with Crippen LogP contribution in [0, 0.1) is 0 Å². The first kappa shape index (κ1) is 15.0. The summed E-state index contributed by atoms with van der Waals surface area (Å²) in [5, 5.41) is 2.76. The Morgan fingerprint density at radius 3 is 2.59 bits per heavy atom. The van der Waals surface area contributed by atoms with E-state index in [4.69, 9.17) is 0 Å². The largest absolute Gasteiger partial charge is 0.345 e. The number of hydrogen-bond acceptors (Lipinski definition) is 4. The zero-order chi connectivity index (χ0) is 15.4. The van der Waals surface area contributed by atoms with E-state index in [-0.39, 0.29) is 11.9 Å². The van der Waals surface area contributed by atoms with E-state index in [0.717, 1.165) is 44.6 Å². The van der Waals surface area contributed by atoms with Gasteiger partial charge in [0.2, 0.25) is 0 Å². The molecule has 0 atom stereocenters. The van der Waals surface area contributed by atoms with Crippen LogP contribution in [-0.4, -0.2) is 65.4 Å². The number of hydrogen-bond donors (Lipinski definition) is 1. The van der Waals surface area contributed by atoms with Gasteiger partial charge in [0.25, 0.3) is 0 Å². The van der Waals surface area contributed by atoms with Crippen LogP contribution in [0.3, 0.4) is 0 Å². The second-order valence-corrected chi connectivity index (χ2v) is 5.95. The summed E-state index contributed by atoms with van der Waals surface area (Å²) in [4.78, 5) is 32.1. The Morgan fingerprint density at radius 2 is 1.95 bits per heavy atom. The summed E-state index contributed by atoms with van der Waals surface area (Å²) in [5.41, 5.74) is 1.09. The molecule has 1 saturated heterocycles. The summed E-state index contributed by atoms with van der Waals surface area (Å²) < 4.78 is 0. The van der Waals surface area contributed by atoms with Gasteiger partial charge in [-0.1, -0.05) is 6.07 Å². The highest BCUT2D eigenvalue weighted by Gasteiger charge is 2.30. The number of rotatable bonds is 4. The Hall–Kier alpha value is -1.95. The minimum Gasteiger partial charge on any atom is -0.345 e. The smallest absolute Gasteiger partial charge is 0.311 e. The zero-order valence-electron chi connectivity index (χ0n) is 12.7. The lowest BCUT2D eigenvalue weighted by Crippen LogP contribution is -2.53. The Labute approximate surface area is 130 Å². The molecule has 6 heteroatoms. The Morgan fingerprint density at radius 1 is 1.18 bits per heavy atom. The van der Waals surface area contributed by atoms with Gasteiger partial charge in [0.1, 0.15) is 0 Å². The van der Waals surface area contributed by atoms with Crippen LogP contribution in [0.1, 0.15) is 18.5 Å². The number of carbonyl (C=O) groups excluding carboxylic acids is 2. The molecule has 1 aliphatic carbocycles. The highest BCUT2D eigenvalue weighted by Crippen LogP contribution is 2.18. The maximum atomic E-state index is 12.0. The fourth-order valence-corrected chi connectivity index (χ4v) is 2.61. The van der Waals surface area contributed by atoms with Gasteiger partial charge in [0, 0.05) is 57.1 Å². The highest BCUT2D eigenvalue weighted by atomic mass is 16.2. The maximum Gasteiger partial charge on any atom is 0.311 e. The van der Waals surface area contributed by atoms with Crippen molar-refractivity contribution in [1.82, 2.24) is 20.1 Å². The Balaban J connectivity index is 1.40. The van der Waals surface area contributed by atoms with Crippen LogP contribution in [0.2, 0.25) is 0 Å². The van der Waals surface area contributed by atoms with Crippen LogP contribution < -0.4 is 5.32 Å². The van der Waals surface area contributed by atoms with Crippen molar-refractivity contribution in [1.29, 1.82) is 0 Å². The predicted molar refractivity (Wildman–Crippen MR) is 82.1 cm³/mol. The van der Waals surface area contributed by atoms with Crippen LogP contribution in [-0.2, 0) is 16.0 Å². The summed E-state index contributed by atoms with van der Waals surface area (Å²) in [5.74, 6) is -0.819. The summed E-state index contributed by atoms with van der Waals surface area (Å²) in [6.07, 6.45) is 4.72. The molecule has 6 nitrogen and oxygen atoms in total. The molecule has 1 N–H and O–H groups in total. The Bertz CT molecular complexity index is 522. The van der Waals surface area contributed by atoms with Gasteiger partial charge < -0.3 is 10.2 Å². The molecule has 0 radical (unpaired) electrons. The minimum atomic E-state index is -0.440. The molecule has 118 valence electrons. The van der Waals surface area contributed by atoms with Gasteiger partial charge in [-0.3, -0.25) is 19.5 Å². The number of nitrogens with zero attached hydrogens (tertiary/aromatic N) is 3. The first-order valence-corrected chi connectivity index (χ1v) is 7.94. The molecule has 3 rings (SSSR count). The average Bonchev–Trinajstić information content (AvgIpc) is 3.37. The third-order valence-electron chi connectivity index (χ3n) is 4.18. The van der Waals surface area contributed by atoms with Gasteiger partial charge in [0.05, 0.1) is 0 Å². The summed E-state index contributed by atoms with van der Waals surface area (Å²) in [7, 11) is 0. The first-order chi connectivity index (χ1) is 10.7. The molecule has 0 aromatic carbocycles. The standard InChI is InChI=1S/C16H22N4O2/c21-15(18-14-4-5-14)16(22)20-11-9-19(10-12-20)8-6-13-3-1-2-7-17-13/h1-3,7,14H,4-6,8-12H2,(H,18,21). The van der Waals surface area contributed by atoms with Crippen molar-refractivity contribution >= 4 is 11.8 Å². The van der Waals surface area contributed by atoms with Crippen molar-refractivity contribution in [3.05, 3.63) is 30.1 Å². The quantitative estimate of drug-likeness (QED) is 0.798. The number of amides is 2. The van der Waals surface area contributed by atoms with Crippen molar-refractivity contribution in [3.8, 4) is 0 Å². The van der Waals surface area contributed by atoms with E-state index in [1.54, 1.807) is 4.90 Å². The molecule has 1 aromatic heterocycles. The van der Waals surface area contributed by atoms with Crippen LogP contribution in [0.25, 0.3) is 0 Å². The van der Waals surface area contributed by atoms with E-state index < -0.39 is 5.91 Å². The SMILES string of the molecule is O=C(NC1CC1)C(=O)N1CCN(CCc2ccccn2)CC1. The van der Waals surface area contributed by atoms with Crippen molar-refractivity contribution in [2.24, 2.45) is 0 Å². The van der Waals surface area contributed by atoms with Crippen LogP contribution in [0.5, 0.6) is 0 Å². The number of aromatic nitrogens is 1. The maximum absolute atomic E-state index is 12.0. The lowest BCUT2D eigenvalue weighted by molar-refractivity contribution is -0.147. The highest BCUT2D eigenvalue weighted by molar-refractivity contribution is 6.35. The van der Waals surface area contributed by atoms with Crippen LogP contribution in [0.15, 0.2) is 24.4 Å². The molecule has 2 amide bonds. The summed E-state index contributed by atoms with van der Waals surface area (Å²) >= 11 is 0. The summed E-state index contributed by atoms with van der Waals surface area (Å²) in [6, 6.07) is 6.18. The second kappa shape index (κ2) is 6.87. The van der Waals surface area contributed by atoms with Crippen molar-refractivity contribution < 1.29 is 9.59 Å². The van der Waals surface area contributed by atoms with Crippen molar-refractivity contribution in [2.45, 2.75) is 25.3 Å². The van der Waals surface area contributed by atoms with Crippen molar-refractivity contribution in [2.75, 3.05) is 32.7 Å². The lowest BCUT2D eigenvalue weighted by atomic mass is 10.2. The van der Waals surface area contributed by atoms with E-state index in [1.165, 1.54) is 0 Å². The summed E-state index contributed by atoms with van der Waals surface area (Å²) in [6.45, 7) is 3.82. The molecule has 22 heavy (non-hydrogen) atoms. The third kappa shape index (κ3) is 4.04. The van der Waals surface area contributed by atoms with Gasteiger partial charge in [-0.05, 0) is 25.0 Å². The van der Waals surface area contributed by atoms with Crippen LogP contribution in [0.4, 0.5) is 0 Å². The van der Waals surface area contributed by atoms with Crippen LogP contribution >= 0.6 is 0 Å². The van der Waals surface area contributed by atoms with Gasteiger partial charge in [0.15, 0.2) is 0 Å². The van der Waals surface area contributed by atoms with Gasteiger partial charge in [-0.15, -0.1) is 0 Å². The van der Waals surface area contributed by atoms with Crippen molar-refractivity contribution in [3.63, 3.8) is 0 Å². The molecular weight excluding hydrogens is 280 g/mol. The first-order valence-electron chi connectivity index (χ1n) is 7.94. The van der Waals surface area contributed by atoms with E-state index >= 15 is 0 Å². The molecule has 0 bridgehead atoms. The fraction of sp³-hybridized carbons (Fsp3) is 0.562. The van der Waals surface area contributed by atoms with Gasteiger partial charge in [-0.2, -0.15) is 0 Å². The molecule has 1 aliphatic heterocycles. The molecule has 0 unspecified atom stereocenters. The molecule has 2 aliphatic rings. The van der Waals surface area contributed by atoms with E-state index in [9.17, 15) is 9.59 Å². The molecule has 0 spiro atoms. The molecule has 1 saturated carbocycles. The lowest BCUT2D eigenvalue weighted by Gasteiger charge is -2.34. The Kier molecular flexibility index (Phi) is 4.68. The fourth-order valence-electron chi connectivity index (χ4n) is 2.61. The average molecular weight is 302 g/mol.